The van der Waals surface area contributed by atoms with Crippen molar-refractivity contribution in [3.8, 4) is 11.5 Å². The molecule has 1 aromatic rings. The molecular weight excluding hydrogens is 278 g/mol. The van der Waals surface area contributed by atoms with Gasteiger partial charge in [-0.15, -0.1) is 0 Å². The lowest BCUT2D eigenvalue weighted by atomic mass is 10.1. The summed E-state index contributed by atoms with van der Waals surface area (Å²) in [6, 6.07) is 5.62. The number of benzene rings is 1. The Balaban J connectivity index is 2.69. The van der Waals surface area contributed by atoms with Gasteiger partial charge in [0.2, 0.25) is 0 Å². The quantitative estimate of drug-likeness (QED) is 0.734. The van der Waals surface area contributed by atoms with Crippen LogP contribution in [0.4, 0.5) is 0 Å². The van der Waals surface area contributed by atoms with Crippen molar-refractivity contribution in [3.05, 3.63) is 23.8 Å². The summed E-state index contributed by atoms with van der Waals surface area (Å²) in [5.41, 5.74) is 6.81. The Morgan fingerprint density at radius 2 is 2.05 bits per heavy atom. The van der Waals surface area contributed by atoms with Gasteiger partial charge in [-0.25, -0.2) is 8.42 Å². The third-order valence-electron chi connectivity index (χ3n) is 2.73. The standard InChI is InChI=1S/C14H23NO4S/c1-11(15)9-12-5-6-13(18-2)10-14(12)19-7-4-8-20(3,16)17/h5-6,10-11H,4,7-9,15H2,1-3H3. The zero-order chi connectivity index (χ0) is 15.2. The van der Waals surface area contributed by atoms with Gasteiger partial charge < -0.3 is 15.2 Å². The van der Waals surface area contributed by atoms with Crippen LogP contribution < -0.4 is 15.2 Å². The van der Waals surface area contributed by atoms with E-state index in [9.17, 15) is 8.42 Å². The topological polar surface area (TPSA) is 78.6 Å². The van der Waals surface area contributed by atoms with E-state index < -0.39 is 9.84 Å². The number of hydrogen-bond acceptors (Lipinski definition) is 5. The highest BCUT2D eigenvalue weighted by molar-refractivity contribution is 7.90. The minimum Gasteiger partial charge on any atom is -0.497 e. The minimum atomic E-state index is -2.95. The average molecular weight is 301 g/mol. The predicted molar refractivity (Wildman–Crippen MR) is 80.2 cm³/mol. The Hall–Kier alpha value is -1.27. The zero-order valence-corrected chi connectivity index (χ0v) is 13.1. The number of methoxy groups -OCH3 is 1. The molecular formula is C14H23NO4S. The SMILES string of the molecule is COc1ccc(CC(C)N)c(OCCCS(C)(=O)=O)c1. The van der Waals surface area contributed by atoms with Crippen LogP contribution in [0.25, 0.3) is 0 Å². The first-order chi connectivity index (χ1) is 9.31. The molecule has 0 aliphatic rings. The minimum absolute atomic E-state index is 0.0294. The Labute approximate surface area is 121 Å². The van der Waals surface area contributed by atoms with Crippen molar-refractivity contribution in [1.82, 2.24) is 0 Å². The number of nitrogens with two attached hydrogens (primary N) is 1. The number of hydrogen-bond donors (Lipinski definition) is 1. The van der Waals surface area contributed by atoms with Gasteiger partial charge in [0.25, 0.3) is 0 Å². The highest BCUT2D eigenvalue weighted by Crippen LogP contribution is 2.26. The van der Waals surface area contributed by atoms with E-state index in [0.29, 0.717) is 30.9 Å². The molecule has 0 amide bonds. The summed E-state index contributed by atoms with van der Waals surface area (Å²) < 4.78 is 33.0. The Morgan fingerprint density at radius 3 is 2.60 bits per heavy atom. The van der Waals surface area contributed by atoms with E-state index in [1.165, 1.54) is 6.26 Å². The second-order valence-electron chi connectivity index (χ2n) is 4.99. The monoisotopic (exact) mass is 301 g/mol. The fourth-order valence-corrected chi connectivity index (χ4v) is 2.46. The van der Waals surface area contributed by atoms with Gasteiger partial charge in [0.05, 0.1) is 19.5 Å². The first-order valence-electron chi connectivity index (χ1n) is 6.55. The van der Waals surface area contributed by atoms with Crippen molar-refractivity contribution in [1.29, 1.82) is 0 Å². The van der Waals surface area contributed by atoms with Crippen LogP contribution in [0.2, 0.25) is 0 Å². The summed E-state index contributed by atoms with van der Waals surface area (Å²) in [6.07, 6.45) is 2.39. The molecule has 1 unspecified atom stereocenters. The fourth-order valence-electron chi connectivity index (χ4n) is 1.81. The van der Waals surface area contributed by atoms with Crippen molar-refractivity contribution >= 4 is 9.84 Å². The molecule has 0 spiro atoms. The second-order valence-corrected chi connectivity index (χ2v) is 7.25. The molecule has 1 aromatic carbocycles. The molecule has 20 heavy (non-hydrogen) atoms. The molecule has 6 heteroatoms. The lowest BCUT2D eigenvalue weighted by Crippen LogP contribution is -2.18. The molecule has 0 heterocycles. The highest BCUT2D eigenvalue weighted by atomic mass is 32.2. The van der Waals surface area contributed by atoms with Crippen LogP contribution in [0.1, 0.15) is 18.9 Å². The van der Waals surface area contributed by atoms with Gasteiger partial charge in [-0.05, 0) is 31.4 Å². The molecule has 0 aliphatic heterocycles. The maximum absolute atomic E-state index is 11.1. The molecule has 0 radical (unpaired) electrons. The van der Waals surface area contributed by atoms with E-state index in [1.807, 2.05) is 19.1 Å². The van der Waals surface area contributed by atoms with E-state index in [-0.39, 0.29) is 11.8 Å². The fraction of sp³-hybridized carbons (Fsp3) is 0.571. The molecule has 0 aliphatic carbocycles. The first-order valence-corrected chi connectivity index (χ1v) is 8.61. The lowest BCUT2D eigenvalue weighted by molar-refractivity contribution is 0.311. The second kappa shape index (κ2) is 7.50. The van der Waals surface area contributed by atoms with E-state index in [0.717, 1.165) is 5.56 Å². The van der Waals surface area contributed by atoms with Gasteiger partial charge in [0.15, 0.2) is 0 Å². The first kappa shape index (κ1) is 16.8. The van der Waals surface area contributed by atoms with Crippen LogP contribution in [-0.4, -0.2) is 40.2 Å². The van der Waals surface area contributed by atoms with Gasteiger partial charge in [0.1, 0.15) is 21.3 Å². The molecule has 0 aromatic heterocycles. The van der Waals surface area contributed by atoms with Crippen molar-refractivity contribution in [2.45, 2.75) is 25.8 Å². The van der Waals surface area contributed by atoms with Gasteiger partial charge in [-0.2, -0.15) is 0 Å². The van der Waals surface area contributed by atoms with Gasteiger partial charge in [0, 0.05) is 18.4 Å². The van der Waals surface area contributed by atoms with Gasteiger partial charge >= 0.3 is 0 Å². The summed E-state index contributed by atoms with van der Waals surface area (Å²) in [6.45, 7) is 2.28. The third-order valence-corrected chi connectivity index (χ3v) is 3.76. The smallest absolute Gasteiger partial charge is 0.147 e. The van der Waals surface area contributed by atoms with Crippen molar-refractivity contribution in [3.63, 3.8) is 0 Å². The molecule has 0 saturated carbocycles. The van der Waals surface area contributed by atoms with Crippen molar-refractivity contribution in [2.75, 3.05) is 25.7 Å². The Kier molecular flexibility index (Phi) is 6.29. The summed E-state index contributed by atoms with van der Waals surface area (Å²) in [5.74, 6) is 1.53. The highest BCUT2D eigenvalue weighted by Gasteiger charge is 2.09. The maximum atomic E-state index is 11.1. The van der Waals surface area contributed by atoms with Crippen molar-refractivity contribution in [2.24, 2.45) is 5.73 Å². The van der Waals surface area contributed by atoms with E-state index in [1.54, 1.807) is 13.2 Å². The summed E-state index contributed by atoms with van der Waals surface area (Å²) in [5, 5.41) is 0. The predicted octanol–water partition coefficient (Wildman–Crippen LogP) is 1.40. The third kappa shape index (κ3) is 6.25. The van der Waals surface area contributed by atoms with Crippen LogP contribution in [0, 0.1) is 0 Å². The van der Waals surface area contributed by atoms with Crippen LogP contribution in [-0.2, 0) is 16.3 Å². The Bertz CT molecular complexity index is 526. The Morgan fingerprint density at radius 1 is 1.35 bits per heavy atom. The molecule has 0 saturated heterocycles. The van der Waals surface area contributed by atoms with E-state index in [2.05, 4.69) is 0 Å². The normalized spacial score (nSPS) is 13.0. The summed E-state index contributed by atoms with van der Waals surface area (Å²) in [4.78, 5) is 0. The van der Waals surface area contributed by atoms with Crippen LogP contribution in [0.3, 0.4) is 0 Å². The molecule has 5 nitrogen and oxygen atoms in total. The number of rotatable bonds is 8. The average Bonchev–Trinajstić information content (AvgIpc) is 2.34. The summed E-state index contributed by atoms with van der Waals surface area (Å²) in [7, 11) is -1.35. The lowest BCUT2D eigenvalue weighted by Gasteiger charge is -2.14. The van der Waals surface area contributed by atoms with Crippen LogP contribution in [0.5, 0.6) is 11.5 Å². The zero-order valence-electron chi connectivity index (χ0n) is 12.3. The maximum Gasteiger partial charge on any atom is 0.147 e. The molecule has 1 rings (SSSR count). The van der Waals surface area contributed by atoms with Gasteiger partial charge in [-0.3, -0.25) is 0 Å². The molecule has 114 valence electrons. The molecule has 2 N–H and O–H groups in total. The number of ether oxygens (including phenoxy) is 2. The van der Waals surface area contributed by atoms with Crippen LogP contribution >= 0.6 is 0 Å². The molecule has 1 atom stereocenters. The van der Waals surface area contributed by atoms with Gasteiger partial charge in [-0.1, -0.05) is 6.07 Å². The molecule has 0 bridgehead atoms. The molecule has 0 fully saturated rings. The number of sulfone groups is 1. The van der Waals surface area contributed by atoms with Crippen molar-refractivity contribution < 1.29 is 17.9 Å². The van der Waals surface area contributed by atoms with Crippen LogP contribution in [0.15, 0.2) is 18.2 Å². The summed E-state index contributed by atoms with van der Waals surface area (Å²) >= 11 is 0. The van der Waals surface area contributed by atoms with E-state index >= 15 is 0 Å². The largest absolute Gasteiger partial charge is 0.497 e. The van der Waals surface area contributed by atoms with E-state index in [4.69, 9.17) is 15.2 Å².